The molecule has 236 valence electrons. The number of benzene rings is 2. The predicted octanol–water partition coefficient (Wildman–Crippen LogP) is 5.05. The number of unbranched alkanes of at least 4 members (excludes halogenated alkanes) is 1. The molecule has 1 aromatic heterocycles. The first-order chi connectivity index (χ1) is 21.6. The molecule has 5 rings (SSSR count). The van der Waals surface area contributed by atoms with Gasteiger partial charge in [-0.25, -0.2) is 14.6 Å². The van der Waals surface area contributed by atoms with E-state index >= 15 is 0 Å². The lowest BCUT2D eigenvalue weighted by atomic mass is 10.0. The Balaban J connectivity index is 1.17. The van der Waals surface area contributed by atoms with Crippen molar-refractivity contribution in [3.63, 3.8) is 0 Å². The van der Waals surface area contributed by atoms with E-state index in [0.717, 1.165) is 52.7 Å². The van der Waals surface area contributed by atoms with Crippen molar-refractivity contribution in [1.29, 1.82) is 5.26 Å². The second-order valence-corrected chi connectivity index (χ2v) is 13.3. The van der Waals surface area contributed by atoms with E-state index in [4.69, 9.17) is 9.72 Å². The minimum atomic E-state index is -0.719. The molecule has 2 aliphatic rings. The fourth-order valence-corrected chi connectivity index (χ4v) is 7.48. The maximum absolute atomic E-state index is 12.9. The van der Waals surface area contributed by atoms with Crippen LogP contribution < -0.4 is 20.4 Å². The Bertz CT molecular complexity index is 1680. The molecule has 3 unspecified atom stereocenters. The van der Waals surface area contributed by atoms with Crippen LogP contribution in [0.2, 0.25) is 0 Å². The summed E-state index contributed by atoms with van der Waals surface area (Å²) in [5.41, 5.74) is 3.88. The number of hydrogen-bond acceptors (Lipinski definition) is 9. The van der Waals surface area contributed by atoms with E-state index in [2.05, 4.69) is 16.7 Å². The van der Waals surface area contributed by atoms with E-state index in [9.17, 15) is 19.6 Å². The molecule has 2 fully saturated rings. The number of pyridine rings is 1. The van der Waals surface area contributed by atoms with Crippen LogP contribution in [0.1, 0.15) is 44.1 Å². The minimum Gasteiger partial charge on any atom is -0.462 e. The van der Waals surface area contributed by atoms with E-state index in [1.807, 2.05) is 86.2 Å². The molecule has 0 bridgehead atoms. The molecule has 45 heavy (non-hydrogen) atoms. The first-order valence-corrected chi connectivity index (χ1v) is 16.4. The Morgan fingerprint density at radius 2 is 1.82 bits per heavy atom. The lowest BCUT2D eigenvalue weighted by Crippen LogP contribution is -2.36. The molecule has 2 saturated heterocycles. The summed E-state index contributed by atoms with van der Waals surface area (Å²) in [7, 11) is 7.76. The van der Waals surface area contributed by atoms with Crippen molar-refractivity contribution >= 4 is 68.8 Å². The Labute approximate surface area is 268 Å². The topological polar surface area (TPSA) is 128 Å². The number of fused-ring (bicyclic) bond motifs is 3. The SMILES string of the molecule is CN(C)c1ccc2cc3ccc(N(C)C)c(/C=C(\C#N)C(=O)OCCCC(=O)CCCCC4SCC5NC(=O)NC54)c3nc2c1. The summed E-state index contributed by atoms with van der Waals surface area (Å²) < 4.78 is 5.42. The van der Waals surface area contributed by atoms with Gasteiger partial charge in [0.05, 0.1) is 29.7 Å². The highest BCUT2D eigenvalue weighted by Gasteiger charge is 2.42. The monoisotopic (exact) mass is 628 g/mol. The number of thioether (sulfide) groups is 1. The van der Waals surface area contributed by atoms with Crippen molar-refractivity contribution < 1.29 is 19.1 Å². The van der Waals surface area contributed by atoms with Crippen molar-refractivity contribution in [2.24, 2.45) is 0 Å². The van der Waals surface area contributed by atoms with E-state index in [-0.39, 0.29) is 36.1 Å². The van der Waals surface area contributed by atoms with Crippen LogP contribution in [-0.2, 0) is 14.3 Å². The first kappa shape index (κ1) is 32.1. The molecule has 2 amide bonds. The number of amides is 2. The second kappa shape index (κ2) is 14.2. The fraction of sp³-hybridized carbons (Fsp3) is 0.441. The smallest absolute Gasteiger partial charge is 0.348 e. The molecular weight excluding hydrogens is 588 g/mol. The highest BCUT2D eigenvalue weighted by Crippen LogP contribution is 2.34. The van der Waals surface area contributed by atoms with Crippen molar-refractivity contribution in [2.75, 3.05) is 50.4 Å². The molecule has 0 radical (unpaired) electrons. The van der Waals surface area contributed by atoms with Crippen LogP contribution in [0.5, 0.6) is 0 Å². The number of carbonyl (C=O) groups is 3. The fourth-order valence-electron chi connectivity index (χ4n) is 5.93. The number of ether oxygens (including phenoxy) is 1. The zero-order chi connectivity index (χ0) is 32.1. The number of hydrogen-bond donors (Lipinski definition) is 2. The van der Waals surface area contributed by atoms with Crippen molar-refractivity contribution in [3.05, 3.63) is 47.5 Å². The minimum absolute atomic E-state index is 0.0599. The first-order valence-electron chi connectivity index (χ1n) is 15.4. The molecule has 3 atom stereocenters. The molecule has 0 saturated carbocycles. The van der Waals surface area contributed by atoms with Crippen LogP contribution in [0.25, 0.3) is 27.9 Å². The average Bonchev–Trinajstić information content (AvgIpc) is 3.57. The summed E-state index contributed by atoms with van der Waals surface area (Å²) in [6.07, 6.45) is 5.46. The van der Waals surface area contributed by atoms with Gasteiger partial charge >= 0.3 is 12.0 Å². The number of ketones is 1. The molecule has 10 nitrogen and oxygen atoms in total. The van der Waals surface area contributed by atoms with Crippen LogP contribution in [0.3, 0.4) is 0 Å². The summed E-state index contributed by atoms with van der Waals surface area (Å²) in [5, 5.41) is 18.1. The van der Waals surface area contributed by atoms with Crippen molar-refractivity contribution in [1.82, 2.24) is 15.6 Å². The summed E-state index contributed by atoms with van der Waals surface area (Å²) in [4.78, 5) is 45.8. The number of carbonyl (C=O) groups excluding carboxylic acids is 3. The molecule has 0 aliphatic carbocycles. The molecule has 11 heteroatoms. The maximum Gasteiger partial charge on any atom is 0.348 e. The predicted molar refractivity (Wildman–Crippen MR) is 181 cm³/mol. The Morgan fingerprint density at radius 1 is 1.04 bits per heavy atom. The number of nitriles is 1. The quantitative estimate of drug-likeness (QED) is 0.0668. The van der Waals surface area contributed by atoms with Gasteiger partial charge in [0, 0.05) is 79.7 Å². The average molecular weight is 629 g/mol. The van der Waals surface area contributed by atoms with Crippen LogP contribution in [0, 0.1) is 11.3 Å². The van der Waals surface area contributed by atoms with Gasteiger partial charge in [0.2, 0.25) is 0 Å². The maximum atomic E-state index is 12.9. The molecule has 2 aromatic carbocycles. The van der Waals surface area contributed by atoms with Gasteiger partial charge in [-0.1, -0.05) is 18.6 Å². The van der Waals surface area contributed by atoms with Crippen LogP contribution in [0.15, 0.2) is 42.0 Å². The van der Waals surface area contributed by atoms with Crippen LogP contribution >= 0.6 is 11.8 Å². The third kappa shape index (κ3) is 7.51. The number of esters is 1. The van der Waals surface area contributed by atoms with Crippen molar-refractivity contribution in [3.8, 4) is 6.07 Å². The van der Waals surface area contributed by atoms with E-state index in [1.54, 1.807) is 6.08 Å². The third-order valence-corrected chi connectivity index (χ3v) is 9.88. The van der Waals surface area contributed by atoms with Gasteiger partial charge in [-0.15, -0.1) is 0 Å². The Morgan fingerprint density at radius 3 is 2.58 bits per heavy atom. The van der Waals surface area contributed by atoms with E-state index in [0.29, 0.717) is 35.6 Å². The number of urea groups is 1. The van der Waals surface area contributed by atoms with Crippen LogP contribution in [0.4, 0.5) is 16.2 Å². The molecule has 2 aliphatic heterocycles. The zero-order valence-corrected chi connectivity index (χ0v) is 27.1. The number of Topliss-reactive ketones (excluding diaryl/α,β-unsaturated/α-hetero) is 1. The Kier molecular flexibility index (Phi) is 10.1. The van der Waals surface area contributed by atoms with Gasteiger partial charge in [0.1, 0.15) is 17.4 Å². The zero-order valence-electron chi connectivity index (χ0n) is 26.3. The highest BCUT2D eigenvalue weighted by atomic mass is 32.2. The number of aromatic nitrogens is 1. The Hall–Kier alpha value is -4.30. The van der Waals surface area contributed by atoms with Gasteiger partial charge in [-0.2, -0.15) is 17.0 Å². The third-order valence-electron chi connectivity index (χ3n) is 8.38. The normalized spacial score (nSPS) is 19.1. The molecule has 2 N–H and O–H groups in total. The number of rotatable bonds is 13. The van der Waals surface area contributed by atoms with Crippen LogP contribution in [-0.4, -0.2) is 80.7 Å². The van der Waals surface area contributed by atoms with E-state index < -0.39 is 5.97 Å². The summed E-state index contributed by atoms with van der Waals surface area (Å²) in [6.45, 7) is 0.0599. The molecular formula is C34H40N6O4S. The molecule has 3 heterocycles. The lowest BCUT2D eigenvalue weighted by Gasteiger charge is -2.18. The number of nitrogens with one attached hydrogen (secondary N) is 2. The second-order valence-electron chi connectivity index (χ2n) is 12.0. The summed E-state index contributed by atoms with van der Waals surface area (Å²) >= 11 is 1.88. The molecule has 3 aromatic rings. The number of anilines is 2. The van der Waals surface area contributed by atoms with Gasteiger partial charge < -0.3 is 25.2 Å². The molecule has 0 spiro atoms. The van der Waals surface area contributed by atoms with Gasteiger partial charge in [-0.3, -0.25) is 4.79 Å². The number of nitrogens with zero attached hydrogens (tertiary/aromatic N) is 4. The standard InChI is InChI=1S/C34H40N6O4S/c1-39(2)24-13-11-21-16-22-12-14-29(40(3)4)26(31(22)36-27(21)18-24)17-23(19-35)33(42)44-15-7-9-25(41)8-5-6-10-30-32-28(20-45-30)37-34(43)38-32/h11-14,16-18,28,30,32H,5-10,15,20H2,1-4H3,(H2,37,38,43)/b23-17+. The lowest BCUT2D eigenvalue weighted by molar-refractivity contribution is -0.139. The summed E-state index contributed by atoms with van der Waals surface area (Å²) in [6, 6.07) is 14.4. The van der Waals surface area contributed by atoms with Gasteiger partial charge in [-0.05, 0) is 49.6 Å². The summed E-state index contributed by atoms with van der Waals surface area (Å²) in [5.74, 6) is 0.346. The largest absolute Gasteiger partial charge is 0.462 e. The van der Waals surface area contributed by atoms with Gasteiger partial charge in [0.25, 0.3) is 0 Å². The van der Waals surface area contributed by atoms with Crippen molar-refractivity contribution in [2.45, 2.75) is 55.9 Å². The van der Waals surface area contributed by atoms with E-state index in [1.165, 1.54) is 0 Å². The highest BCUT2D eigenvalue weighted by molar-refractivity contribution is 8.00. The van der Waals surface area contributed by atoms with Gasteiger partial charge in [0.15, 0.2) is 0 Å².